The summed E-state index contributed by atoms with van der Waals surface area (Å²) in [6, 6.07) is 10.6. The van der Waals surface area contributed by atoms with Crippen molar-refractivity contribution >= 4 is 15.7 Å². The van der Waals surface area contributed by atoms with Gasteiger partial charge in [-0.25, -0.2) is 18.1 Å². The van der Waals surface area contributed by atoms with E-state index in [0.29, 0.717) is 25.4 Å². The molecule has 7 nitrogen and oxygen atoms in total. The molecule has 0 bridgehead atoms. The van der Waals surface area contributed by atoms with Gasteiger partial charge >= 0.3 is 0 Å². The van der Waals surface area contributed by atoms with Gasteiger partial charge in [-0.05, 0) is 42.8 Å². The molecule has 1 N–H and O–H groups in total. The maximum atomic E-state index is 12.5. The van der Waals surface area contributed by atoms with Crippen LogP contribution >= 0.6 is 0 Å². The summed E-state index contributed by atoms with van der Waals surface area (Å²) < 4.78 is 40.1. The van der Waals surface area contributed by atoms with Crippen LogP contribution in [-0.2, 0) is 21.2 Å². The van der Waals surface area contributed by atoms with Crippen molar-refractivity contribution in [1.82, 2.24) is 14.1 Å². The SMILES string of the molecule is COCCOc1ccc(S(=O)(=O)NCCc2cn3ccccc3n2)cc1C. The van der Waals surface area contributed by atoms with Crippen LogP contribution in [0, 0.1) is 6.92 Å². The highest BCUT2D eigenvalue weighted by molar-refractivity contribution is 7.89. The zero-order chi connectivity index (χ0) is 19.3. The van der Waals surface area contributed by atoms with Gasteiger partial charge < -0.3 is 13.9 Å². The number of ether oxygens (including phenoxy) is 2. The number of nitrogens with zero attached hydrogens (tertiary/aromatic N) is 2. The van der Waals surface area contributed by atoms with E-state index >= 15 is 0 Å². The van der Waals surface area contributed by atoms with Crippen LogP contribution < -0.4 is 9.46 Å². The molecule has 0 radical (unpaired) electrons. The Hall–Kier alpha value is -2.42. The highest BCUT2D eigenvalue weighted by Gasteiger charge is 2.15. The summed E-state index contributed by atoms with van der Waals surface area (Å²) in [5, 5.41) is 0. The molecule has 2 aromatic heterocycles. The van der Waals surface area contributed by atoms with Crippen molar-refractivity contribution in [3.05, 3.63) is 60.0 Å². The summed E-state index contributed by atoms with van der Waals surface area (Å²) in [6.07, 6.45) is 4.33. The molecule has 144 valence electrons. The van der Waals surface area contributed by atoms with Crippen LogP contribution in [0.15, 0.2) is 53.7 Å². The summed E-state index contributed by atoms with van der Waals surface area (Å²) in [6.45, 7) is 2.99. The van der Waals surface area contributed by atoms with Crippen molar-refractivity contribution in [2.24, 2.45) is 0 Å². The summed E-state index contributed by atoms with van der Waals surface area (Å²) >= 11 is 0. The van der Waals surface area contributed by atoms with Crippen molar-refractivity contribution in [1.29, 1.82) is 0 Å². The smallest absolute Gasteiger partial charge is 0.240 e. The Morgan fingerprint density at radius 2 is 2.04 bits per heavy atom. The third-order valence-electron chi connectivity index (χ3n) is 4.09. The summed E-state index contributed by atoms with van der Waals surface area (Å²) in [7, 11) is -1.99. The van der Waals surface area contributed by atoms with Crippen molar-refractivity contribution in [2.45, 2.75) is 18.2 Å². The standard InChI is InChI=1S/C19H23N3O4S/c1-15-13-17(6-7-18(15)26-12-11-25-2)27(23,24)20-9-8-16-14-22-10-4-3-5-19(22)21-16/h3-7,10,13-14,20H,8-9,11-12H2,1-2H3. The first-order valence-electron chi connectivity index (χ1n) is 8.64. The molecule has 0 aliphatic carbocycles. The molecule has 0 unspecified atom stereocenters. The third kappa shape index (κ3) is 4.85. The van der Waals surface area contributed by atoms with Crippen molar-refractivity contribution in [3.63, 3.8) is 0 Å². The summed E-state index contributed by atoms with van der Waals surface area (Å²) in [5.41, 5.74) is 2.44. The molecule has 0 amide bonds. The average molecular weight is 389 g/mol. The largest absolute Gasteiger partial charge is 0.491 e. The van der Waals surface area contributed by atoms with Crippen LogP contribution in [0.1, 0.15) is 11.3 Å². The molecule has 3 rings (SSSR count). The van der Waals surface area contributed by atoms with Gasteiger partial charge in [-0.15, -0.1) is 0 Å². The number of hydrogen-bond donors (Lipinski definition) is 1. The number of sulfonamides is 1. The number of benzene rings is 1. The minimum atomic E-state index is -3.59. The molecule has 3 aromatic rings. The van der Waals surface area contributed by atoms with E-state index in [1.807, 2.05) is 41.9 Å². The molecule has 27 heavy (non-hydrogen) atoms. The first-order chi connectivity index (χ1) is 13.0. The summed E-state index contributed by atoms with van der Waals surface area (Å²) in [5.74, 6) is 0.649. The zero-order valence-electron chi connectivity index (χ0n) is 15.4. The molecular formula is C19H23N3O4S. The molecule has 0 saturated heterocycles. The molecule has 8 heteroatoms. The number of imidazole rings is 1. The van der Waals surface area contributed by atoms with Crippen LogP contribution in [-0.4, -0.2) is 44.7 Å². The Kier molecular flexibility index (Phi) is 6.10. The Balaban J connectivity index is 1.61. The van der Waals surface area contributed by atoms with E-state index in [2.05, 4.69) is 9.71 Å². The predicted octanol–water partition coefficient (Wildman–Crippen LogP) is 2.19. The molecule has 0 saturated carbocycles. The number of aryl methyl sites for hydroxylation is 1. The van der Waals surface area contributed by atoms with Gasteiger partial charge in [-0.3, -0.25) is 0 Å². The van der Waals surface area contributed by atoms with Gasteiger partial charge in [0.1, 0.15) is 18.0 Å². The number of nitrogens with one attached hydrogen (secondary N) is 1. The van der Waals surface area contributed by atoms with E-state index in [4.69, 9.17) is 9.47 Å². The van der Waals surface area contributed by atoms with Crippen molar-refractivity contribution in [3.8, 4) is 5.75 Å². The lowest BCUT2D eigenvalue weighted by molar-refractivity contribution is 0.146. The van der Waals surface area contributed by atoms with Crippen molar-refractivity contribution in [2.75, 3.05) is 26.9 Å². The number of pyridine rings is 1. The maximum Gasteiger partial charge on any atom is 0.240 e. The second kappa shape index (κ2) is 8.51. The minimum Gasteiger partial charge on any atom is -0.491 e. The van der Waals surface area contributed by atoms with Crippen LogP contribution in [0.4, 0.5) is 0 Å². The van der Waals surface area contributed by atoms with E-state index in [9.17, 15) is 8.42 Å². The monoisotopic (exact) mass is 389 g/mol. The highest BCUT2D eigenvalue weighted by Crippen LogP contribution is 2.21. The van der Waals surface area contributed by atoms with Gasteiger partial charge in [-0.1, -0.05) is 6.07 Å². The van der Waals surface area contributed by atoms with E-state index < -0.39 is 10.0 Å². The van der Waals surface area contributed by atoms with Gasteiger partial charge in [0.2, 0.25) is 10.0 Å². The second-order valence-corrected chi connectivity index (χ2v) is 7.88. The van der Waals surface area contributed by atoms with Crippen LogP contribution in [0.3, 0.4) is 0 Å². The fourth-order valence-corrected chi connectivity index (χ4v) is 3.81. The molecule has 2 heterocycles. The van der Waals surface area contributed by atoms with Crippen LogP contribution in [0.5, 0.6) is 5.75 Å². The lowest BCUT2D eigenvalue weighted by atomic mass is 10.2. The lowest BCUT2D eigenvalue weighted by Gasteiger charge is -2.11. The third-order valence-corrected chi connectivity index (χ3v) is 5.55. The second-order valence-electron chi connectivity index (χ2n) is 6.11. The van der Waals surface area contributed by atoms with Crippen molar-refractivity contribution < 1.29 is 17.9 Å². The Morgan fingerprint density at radius 1 is 1.19 bits per heavy atom. The first-order valence-corrected chi connectivity index (χ1v) is 10.1. The molecule has 0 spiro atoms. The zero-order valence-corrected chi connectivity index (χ0v) is 16.2. The summed E-state index contributed by atoms with van der Waals surface area (Å²) in [4.78, 5) is 4.68. The van der Waals surface area contributed by atoms with Crippen LogP contribution in [0.25, 0.3) is 5.65 Å². The molecule has 0 aliphatic rings. The highest BCUT2D eigenvalue weighted by atomic mass is 32.2. The average Bonchev–Trinajstić information content (AvgIpc) is 3.05. The topological polar surface area (TPSA) is 81.9 Å². The Labute approximate surface area is 159 Å². The number of hydrogen-bond acceptors (Lipinski definition) is 5. The Morgan fingerprint density at radius 3 is 2.78 bits per heavy atom. The van der Waals surface area contributed by atoms with Gasteiger partial charge in [-0.2, -0.15) is 0 Å². The van der Waals surface area contributed by atoms with E-state index in [-0.39, 0.29) is 11.4 Å². The van der Waals surface area contributed by atoms with Gasteiger partial charge in [0.05, 0.1) is 17.2 Å². The molecule has 1 aromatic carbocycles. The molecular weight excluding hydrogens is 366 g/mol. The first kappa shape index (κ1) is 19.3. The lowest BCUT2D eigenvalue weighted by Crippen LogP contribution is -2.26. The quantitative estimate of drug-likeness (QED) is 0.567. The Bertz CT molecular complexity index is 982. The van der Waals surface area contributed by atoms with Gasteiger partial charge in [0.15, 0.2) is 0 Å². The van der Waals surface area contributed by atoms with E-state index in [0.717, 1.165) is 16.9 Å². The molecule has 0 atom stereocenters. The normalized spacial score (nSPS) is 11.8. The molecule has 0 fully saturated rings. The van der Waals surface area contributed by atoms with E-state index in [1.165, 1.54) is 0 Å². The minimum absolute atomic E-state index is 0.217. The number of fused-ring (bicyclic) bond motifs is 1. The van der Waals surface area contributed by atoms with Gasteiger partial charge in [0.25, 0.3) is 0 Å². The number of aromatic nitrogens is 2. The predicted molar refractivity (Wildman–Crippen MR) is 103 cm³/mol. The number of rotatable bonds is 9. The molecule has 0 aliphatic heterocycles. The maximum absolute atomic E-state index is 12.5. The fraction of sp³-hybridized carbons (Fsp3) is 0.316. The number of methoxy groups -OCH3 is 1. The van der Waals surface area contributed by atoms with Crippen LogP contribution in [0.2, 0.25) is 0 Å². The fourth-order valence-electron chi connectivity index (χ4n) is 2.69. The van der Waals surface area contributed by atoms with Gasteiger partial charge in [0, 0.05) is 32.5 Å². The van der Waals surface area contributed by atoms with E-state index in [1.54, 1.807) is 25.3 Å².